The number of anilines is 2. The van der Waals surface area contributed by atoms with Gasteiger partial charge < -0.3 is 20.5 Å². The van der Waals surface area contributed by atoms with E-state index in [2.05, 4.69) is 10.6 Å². The molecule has 0 unspecified atom stereocenters. The molecule has 2 aromatic carbocycles. The van der Waals surface area contributed by atoms with Gasteiger partial charge in [0.2, 0.25) is 0 Å². The standard InChI is InChI=1S/C16H13FN2O3/c1-22-15-5-3-10(7-14(15)20)18-8-12-11-6-9(17)2-4-13(11)19-16(12)21/h2-8,18,20H,1H3,(H,19,21)/b12-8+. The molecule has 22 heavy (non-hydrogen) atoms. The van der Waals surface area contributed by atoms with Gasteiger partial charge in [-0.2, -0.15) is 0 Å². The van der Waals surface area contributed by atoms with Crippen LogP contribution in [0.5, 0.6) is 11.5 Å². The number of phenols is 1. The summed E-state index contributed by atoms with van der Waals surface area (Å²) in [7, 11) is 1.46. The molecule has 6 heteroatoms. The van der Waals surface area contributed by atoms with Crippen molar-refractivity contribution in [3.05, 3.63) is 54.0 Å². The zero-order valence-corrected chi connectivity index (χ0v) is 11.7. The van der Waals surface area contributed by atoms with Gasteiger partial charge in [0.05, 0.1) is 12.7 Å². The molecule has 0 bridgehead atoms. The first-order chi connectivity index (χ1) is 10.6. The Bertz CT molecular complexity index is 787. The van der Waals surface area contributed by atoms with Gasteiger partial charge in [0.1, 0.15) is 5.82 Å². The zero-order valence-electron chi connectivity index (χ0n) is 11.7. The van der Waals surface area contributed by atoms with Gasteiger partial charge in [0.25, 0.3) is 5.91 Å². The Kier molecular flexibility index (Phi) is 3.42. The average Bonchev–Trinajstić information content (AvgIpc) is 2.80. The number of benzene rings is 2. The van der Waals surface area contributed by atoms with Crippen LogP contribution >= 0.6 is 0 Å². The lowest BCUT2D eigenvalue weighted by Gasteiger charge is -2.06. The Morgan fingerprint density at radius 2 is 2.09 bits per heavy atom. The molecule has 0 aliphatic carbocycles. The Morgan fingerprint density at radius 3 is 2.82 bits per heavy atom. The minimum Gasteiger partial charge on any atom is -0.504 e. The smallest absolute Gasteiger partial charge is 0.257 e. The third-order valence-corrected chi connectivity index (χ3v) is 3.33. The molecule has 0 saturated carbocycles. The number of carbonyl (C=O) groups excluding carboxylic acids is 1. The first-order valence-electron chi connectivity index (χ1n) is 6.53. The van der Waals surface area contributed by atoms with Crippen molar-refractivity contribution in [2.24, 2.45) is 0 Å². The van der Waals surface area contributed by atoms with E-state index in [-0.39, 0.29) is 11.7 Å². The maximum atomic E-state index is 13.3. The molecule has 5 nitrogen and oxygen atoms in total. The second-order valence-corrected chi connectivity index (χ2v) is 4.73. The number of methoxy groups -OCH3 is 1. The predicted molar refractivity (Wildman–Crippen MR) is 81.3 cm³/mol. The molecule has 3 rings (SSSR count). The highest BCUT2D eigenvalue weighted by molar-refractivity contribution is 6.31. The summed E-state index contributed by atoms with van der Waals surface area (Å²) in [6.07, 6.45) is 1.47. The molecule has 0 spiro atoms. The Labute approximate surface area is 126 Å². The number of halogens is 1. The monoisotopic (exact) mass is 300 g/mol. The molecule has 0 saturated heterocycles. The molecular weight excluding hydrogens is 287 g/mol. The molecule has 1 aliphatic rings. The molecule has 2 aromatic rings. The quantitative estimate of drug-likeness (QED) is 0.762. The van der Waals surface area contributed by atoms with Crippen molar-refractivity contribution in [1.82, 2.24) is 0 Å². The number of amides is 1. The van der Waals surface area contributed by atoms with Crippen LogP contribution in [-0.2, 0) is 4.79 Å². The van der Waals surface area contributed by atoms with E-state index in [0.29, 0.717) is 28.3 Å². The van der Waals surface area contributed by atoms with E-state index in [1.54, 1.807) is 12.1 Å². The number of aromatic hydroxyl groups is 1. The van der Waals surface area contributed by atoms with Crippen molar-refractivity contribution in [2.75, 3.05) is 17.7 Å². The largest absolute Gasteiger partial charge is 0.504 e. The zero-order chi connectivity index (χ0) is 15.7. The van der Waals surface area contributed by atoms with Crippen molar-refractivity contribution in [2.45, 2.75) is 0 Å². The van der Waals surface area contributed by atoms with Gasteiger partial charge >= 0.3 is 0 Å². The maximum Gasteiger partial charge on any atom is 0.257 e. The highest BCUT2D eigenvalue weighted by atomic mass is 19.1. The van der Waals surface area contributed by atoms with Crippen LogP contribution in [0.15, 0.2) is 42.6 Å². The molecule has 1 amide bonds. The number of hydrogen-bond donors (Lipinski definition) is 3. The number of phenolic OH excluding ortho intramolecular Hbond substituents is 1. The van der Waals surface area contributed by atoms with Crippen LogP contribution in [0.2, 0.25) is 0 Å². The Balaban J connectivity index is 1.89. The van der Waals surface area contributed by atoms with Crippen molar-refractivity contribution in [3.63, 3.8) is 0 Å². The minimum atomic E-state index is -0.414. The number of hydrogen-bond acceptors (Lipinski definition) is 4. The van der Waals surface area contributed by atoms with Gasteiger partial charge in [-0.3, -0.25) is 4.79 Å². The van der Waals surface area contributed by atoms with Gasteiger partial charge in [0.15, 0.2) is 11.5 Å². The number of fused-ring (bicyclic) bond motifs is 1. The highest BCUT2D eigenvalue weighted by Gasteiger charge is 2.24. The van der Waals surface area contributed by atoms with Gasteiger partial charge in [-0.05, 0) is 30.3 Å². The summed E-state index contributed by atoms with van der Waals surface area (Å²) in [4.78, 5) is 11.9. The number of nitrogens with one attached hydrogen (secondary N) is 2. The number of carbonyl (C=O) groups is 1. The van der Waals surface area contributed by atoms with Gasteiger partial charge in [-0.15, -0.1) is 0 Å². The summed E-state index contributed by atoms with van der Waals surface area (Å²) in [6.45, 7) is 0. The second-order valence-electron chi connectivity index (χ2n) is 4.73. The van der Waals surface area contributed by atoms with Crippen LogP contribution < -0.4 is 15.4 Å². The topological polar surface area (TPSA) is 70.6 Å². The Hall–Kier alpha value is -3.02. The molecule has 112 valence electrons. The van der Waals surface area contributed by atoms with Gasteiger partial charge in [-0.25, -0.2) is 4.39 Å². The summed E-state index contributed by atoms with van der Waals surface area (Å²) >= 11 is 0. The fraction of sp³-hybridized carbons (Fsp3) is 0.0625. The third-order valence-electron chi connectivity index (χ3n) is 3.33. The summed E-state index contributed by atoms with van der Waals surface area (Å²) in [5.41, 5.74) is 1.96. The minimum absolute atomic E-state index is 0.0202. The van der Waals surface area contributed by atoms with Crippen molar-refractivity contribution in [3.8, 4) is 11.5 Å². The lowest BCUT2D eigenvalue weighted by Crippen LogP contribution is -2.05. The van der Waals surface area contributed by atoms with Crippen LogP contribution in [0, 0.1) is 5.82 Å². The van der Waals surface area contributed by atoms with E-state index < -0.39 is 5.82 Å². The lowest BCUT2D eigenvalue weighted by atomic mass is 10.1. The highest BCUT2D eigenvalue weighted by Crippen LogP contribution is 2.33. The summed E-state index contributed by atoms with van der Waals surface area (Å²) in [6, 6.07) is 8.86. The molecule has 1 aliphatic heterocycles. The normalized spacial score (nSPS) is 14.6. The average molecular weight is 300 g/mol. The van der Waals surface area contributed by atoms with E-state index >= 15 is 0 Å². The third kappa shape index (κ3) is 2.46. The molecule has 0 aromatic heterocycles. The summed E-state index contributed by atoms with van der Waals surface area (Å²) < 4.78 is 18.3. The molecular formula is C16H13FN2O3. The van der Waals surface area contributed by atoms with E-state index in [1.807, 2.05) is 0 Å². The van der Waals surface area contributed by atoms with Crippen molar-refractivity contribution >= 4 is 22.9 Å². The second kappa shape index (κ2) is 5.40. The fourth-order valence-electron chi connectivity index (χ4n) is 2.24. The fourth-order valence-corrected chi connectivity index (χ4v) is 2.24. The molecule has 0 radical (unpaired) electrons. The van der Waals surface area contributed by atoms with Crippen LogP contribution in [0.3, 0.4) is 0 Å². The van der Waals surface area contributed by atoms with Crippen LogP contribution in [0.25, 0.3) is 5.57 Å². The molecule has 1 heterocycles. The predicted octanol–water partition coefficient (Wildman–Crippen LogP) is 2.95. The summed E-state index contributed by atoms with van der Waals surface area (Å²) in [5, 5.41) is 15.3. The van der Waals surface area contributed by atoms with E-state index in [4.69, 9.17) is 4.74 Å². The van der Waals surface area contributed by atoms with Crippen molar-refractivity contribution in [1.29, 1.82) is 0 Å². The first-order valence-corrected chi connectivity index (χ1v) is 6.53. The van der Waals surface area contributed by atoms with E-state index in [0.717, 1.165) is 0 Å². The number of ether oxygens (including phenoxy) is 1. The van der Waals surface area contributed by atoms with Gasteiger partial charge in [0, 0.05) is 29.2 Å². The molecule has 0 fully saturated rings. The number of rotatable bonds is 3. The van der Waals surface area contributed by atoms with Crippen LogP contribution in [-0.4, -0.2) is 18.1 Å². The first kappa shape index (κ1) is 13.9. The Morgan fingerprint density at radius 1 is 1.27 bits per heavy atom. The summed E-state index contributed by atoms with van der Waals surface area (Å²) in [5.74, 6) is -0.397. The SMILES string of the molecule is COc1ccc(N/C=C2/C(=O)Nc3ccc(F)cc32)cc1O. The van der Waals surface area contributed by atoms with Crippen molar-refractivity contribution < 1.29 is 19.0 Å². The van der Waals surface area contributed by atoms with E-state index in [1.165, 1.54) is 37.6 Å². The maximum absolute atomic E-state index is 13.3. The lowest BCUT2D eigenvalue weighted by molar-refractivity contribution is -0.110. The van der Waals surface area contributed by atoms with Crippen LogP contribution in [0.1, 0.15) is 5.56 Å². The molecule has 3 N–H and O–H groups in total. The van der Waals surface area contributed by atoms with E-state index in [9.17, 15) is 14.3 Å². The van der Waals surface area contributed by atoms with Crippen LogP contribution in [0.4, 0.5) is 15.8 Å². The molecule has 0 atom stereocenters. The van der Waals surface area contributed by atoms with Gasteiger partial charge in [-0.1, -0.05) is 0 Å².